The highest BCUT2D eigenvalue weighted by Crippen LogP contribution is 2.33. The van der Waals surface area contributed by atoms with Crippen LogP contribution in [0.25, 0.3) is 0 Å². The second-order valence-corrected chi connectivity index (χ2v) is 9.41. The van der Waals surface area contributed by atoms with Gasteiger partial charge >= 0.3 is 0 Å². The molecule has 2 fully saturated rings. The van der Waals surface area contributed by atoms with Crippen LogP contribution in [0.5, 0.6) is 0 Å². The molecule has 3 rings (SSSR count). The molecule has 8 heteroatoms. The van der Waals surface area contributed by atoms with E-state index in [0.717, 1.165) is 50.1 Å². The first-order chi connectivity index (χ1) is 13.5. The van der Waals surface area contributed by atoms with E-state index < -0.39 is 0 Å². The number of halogens is 2. The Morgan fingerprint density at radius 1 is 1.31 bits per heavy atom. The molecule has 29 heavy (non-hydrogen) atoms. The zero-order chi connectivity index (χ0) is 20.0. The van der Waals surface area contributed by atoms with Gasteiger partial charge in [-0.3, -0.25) is 9.89 Å². The fourth-order valence-corrected chi connectivity index (χ4v) is 5.40. The van der Waals surface area contributed by atoms with Crippen molar-refractivity contribution in [1.82, 2.24) is 15.5 Å². The SMILES string of the molecule is CN=C(NCC(C)(C)c1cccc(F)c1)NCC1(N2CCOCC2)CCSC1.I. The number of nitrogens with zero attached hydrogens (tertiary/aromatic N) is 2. The summed E-state index contributed by atoms with van der Waals surface area (Å²) >= 11 is 2.03. The molecule has 0 saturated carbocycles. The van der Waals surface area contributed by atoms with Gasteiger partial charge in [0.15, 0.2) is 5.96 Å². The van der Waals surface area contributed by atoms with Crippen molar-refractivity contribution in [2.75, 3.05) is 57.9 Å². The quantitative estimate of drug-likeness (QED) is 0.333. The average Bonchev–Trinajstić information content (AvgIpc) is 3.19. The number of thioether (sulfide) groups is 1. The van der Waals surface area contributed by atoms with Gasteiger partial charge in [0.2, 0.25) is 0 Å². The van der Waals surface area contributed by atoms with Gasteiger partial charge in [-0.15, -0.1) is 24.0 Å². The summed E-state index contributed by atoms with van der Waals surface area (Å²) in [6.45, 7) is 9.43. The first-order valence-electron chi connectivity index (χ1n) is 10.1. The lowest BCUT2D eigenvalue weighted by Gasteiger charge is -2.43. The molecule has 2 saturated heterocycles. The molecule has 1 aromatic carbocycles. The first-order valence-corrected chi connectivity index (χ1v) is 11.2. The molecule has 0 spiro atoms. The Hall–Kier alpha value is -0.580. The molecule has 2 heterocycles. The van der Waals surface area contributed by atoms with E-state index in [4.69, 9.17) is 4.74 Å². The van der Waals surface area contributed by atoms with Gasteiger partial charge in [-0.25, -0.2) is 4.39 Å². The minimum Gasteiger partial charge on any atom is -0.379 e. The Balaban J connectivity index is 0.00000300. The Morgan fingerprint density at radius 3 is 2.69 bits per heavy atom. The van der Waals surface area contributed by atoms with Crippen LogP contribution >= 0.6 is 35.7 Å². The predicted molar refractivity (Wildman–Crippen MR) is 131 cm³/mol. The van der Waals surface area contributed by atoms with E-state index in [9.17, 15) is 4.39 Å². The van der Waals surface area contributed by atoms with Crippen LogP contribution in [-0.2, 0) is 10.2 Å². The number of hydrogen-bond donors (Lipinski definition) is 2. The van der Waals surface area contributed by atoms with Gasteiger partial charge in [-0.1, -0.05) is 26.0 Å². The summed E-state index contributed by atoms with van der Waals surface area (Å²) in [5.41, 5.74) is 0.946. The van der Waals surface area contributed by atoms with Crippen LogP contribution in [0.3, 0.4) is 0 Å². The van der Waals surface area contributed by atoms with Crippen molar-refractivity contribution in [2.24, 2.45) is 4.99 Å². The molecule has 2 aliphatic heterocycles. The van der Waals surface area contributed by atoms with Crippen molar-refractivity contribution in [2.45, 2.75) is 31.2 Å². The van der Waals surface area contributed by atoms with Crippen LogP contribution in [0.1, 0.15) is 25.8 Å². The van der Waals surface area contributed by atoms with Gasteiger partial charge in [0.25, 0.3) is 0 Å². The third-order valence-corrected chi connectivity index (χ3v) is 7.11. The van der Waals surface area contributed by atoms with Crippen molar-refractivity contribution < 1.29 is 9.13 Å². The molecular formula is C21H34FIN4OS. The topological polar surface area (TPSA) is 48.9 Å². The zero-order valence-corrected chi connectivity index (χ0v) is 20.8. The summed E-state index contributed by atoms with van der Waals surface area (Å²) in [5.74, 6) is 2.96. The second-order valence-electron chi connectivity index (χ2n) is 8.30. The number of guanidine groups is 1. The smallest absolute Gasteiger partial charge is 0.191 e. The molecule has 5 nitrogen and oxygen atoms in total. The number of benzene rings is 1. The maximum atomic E-state index is 13.6. The molecule has 2 aliphatic rings. The molecular weight excluding hydrogens is 502 g/mol. The van der Waals surface area contributed by atoms with Crippen molar-refractivity contribution in [1.29, 1.82) is 0 Å². The maximum absolute atomic E-state index is 13.6. The van der Waals surface area contributed by atoms with Crippen LogP contribution in [-0.4, -0.2) is 74.3 Å². The molecule has 0 aromatic heterocycles. The molecule has 164 valence electrons. The monoisotopic (exact) mass is 536 g/mol. The Labute approximate surface area is 195 Å². The molecule has 0 radical (unpaired) electrons. The Morgan fingerprint density at radius 2 is 2.07 bits per heavy atom. The molecule has 0 aliphatic carbocycles. The number of nitrogens with one attached hydrogen (secondary N) is 2. The largest absolute Gasteiger partial charge is 0.379 e. The molecule has 1 unspecified atom stereocenters. The van der Waals surface area contributed by atoms with Crippen molar-refractivity contribution in [3.8, 4) is 0 Å². The number of hydrogen-bond acceptors (Lipinski definition) is 4. The van der Waals surface area contributed by atoms with Gasteiger partial charge in [0, 0.05) is 49.9 Å². The van der Waals surface area contributed by atoms with Crippen LogP contribution in [0, 0.1) is 5.82 Å². The summed E-state index contributed by atoms with van der Waals surface area (Å²) in [6, 6.07) is 6.84. The lowest BCUT2D eigenvalue weighted by Crippen LogP contribution is -2.60. The standard InChI is InChI=1S/C21H33FN4OS.HI/c1-20(2,17-5-4-6-18(22)13-17)14-24-19(23-3)25-15-21(7-12-28-16-21)26-8-10-27-11-9-26;/h4-6,13H,7-12,14-16H2,1-3H3,(H2,23,24,25);1H. The summed E-state index contributed by atoms with van der Waals surface area (Å²) in [4.78, 5) is 7.00. The normalized spacial score (nSPS) is 23.5. The third-order valence-electron chi connectivity index (χ3n) is 5.88. The van der Waals surface area contributed by atoms with Crippen molar-refractivity contribution in [3.05, 3.63) is 35.6 Å². The van der Waals surface area contributed by atoms with Crippen LogP contribution < -0.4 is 10.6 Å². The second kappa shape index (κ2) is 11.2. The maximum Gasteiger partial charge on any atom is 0.191 e. The Kier molecular flexibility index (Phi) is 9.50. The number of aliphatic imine (C=N–C) groups is 1. The molecule has 2 N–H and O–H groups in total. The molecule has 0 bridgehead atoms. The summed E-state index contributed by atoms with van der Waals surface area (Å²) < 4.78 is 19.1. The predicted octanol–water partition coefficient (Wildman–Crippen LogP) is 3.09. The molecule has 1 aromatic rings. The van der Waals surface area contributed by atoms with Crippen molar-refractivity contribution >= 4 is 41.7 Å². The summed E-state index contributed by atoms with van der Waals surface area (Å²) in [7, 11) is 1.80. The third kappa shape index (κ3) is 6.45. The number of ether oxygens (including phenoxy) is 1. The molecule has 1 atom stereocenters. The lowest BCUT2D eigenvalue weighted by molar-refractivity contribution is -0.0120. The average molecular weight is 536 g/mol. The van der Waals surface area contributed by atoms with Gasteiger partial charge < -0.3 is 15.4 Å². The van der Waals surface area contributed by atoms with Crippen LogP contribution in [0.2, 0.25) is 0 Å². The summed E-state index contributed by atoms with van der Waals surface area (Å²) in [6.07, 6.45) is 1.19. The number of morpholine rings is 1. The summed E-state index contributed by atoms with van der Waals surface area (Å²) in [5, 5.41) is 6.99. The van der Waals surface area contributed by atoms with Crippen molar-refractivity contribution in [3.63, 3.8) is 0 Å². The van der Waals surface area contributed by atoms with E-state index >= 15 is 0 Å². The van der Waals surface area contributed by atoms with E-state index in [1.807, 2.05) is 17.8 Å². The van der Waals surface area contributed by atoms with Gasteiger partial charge in [0.05, 0.1) is 13.2 Å². The molecule has 0 amide bonds. The van der Waals surface area contributed by atoms with E-state index in [0.29, 0.717) is 6.54 Å². The van der Waals surface area contributed by atoms with E-state index in [1.54, 1.807) is 19.2 Å². The highest BCUT2D eigenvalue weighted by atomic mass is 127. The minimum absolute atomic E-state index is 0. The fraction of sp³-hybridized carbons (Fsp3) is 0.667. The highest BCUT2D eigenvalue weighted by Gasteiger charge is 2.40. The highest BCUT2D eigenvalue weighted by molar-refractivity contribution is 14.0. The minimum atomic E-state index is -0.204. The van der Waals surface area contributed by atoms with Gasteiger partial charge in [0.1, 0.15) is 5.82 Å². The fourth-order valence-electron chi connectivity index (χ4n) is 3.92. The zero-order valence-electron chi connectivity index (χ0n) is 17.7. The number of rotatable bonds is 6. The first kappa shape index (κ1) is 24.7. The van der Waals surface area contributed by atoms with E-state index in [1.165, 1.54) is 18.2 Å². The van der Waals surface area contributed by atoms with Gasteiger partial charge in [-0.05, 0) is 29.9 Å². The van der Waals surface area contributed by atoms with E-state index in [2.05, 4.69) is 34.4 Å². The van der Waals surface area contributed by atoms with Crippen LogP contribution in [0.4, 0.5) is 4.39 Å². The lowest BCUT2D eigenvalue weighted by atomic mass is 9.84. The van der Waals surface area contributed by atoms with Gasteiger partial charge in [-0.2, -0.15) is 11.8 Å². The Bertz CT molecular complexity index is 676. The van der Waals surface area contributed by atoms with E-state index in [-0.39, 0.29) is 40.7 Å². The van der Waals surface area contributed by atoms with Crippen LogP contribution in [0.15, 0.2) is 29.3 Å².